The SMILES string of the molecule is Cc1nn2cc(C3(C)CC3)nc2s1. The summed E-state index contributed by atoms with van der Waals surface area (Å²) in [5.74, 6) is 0. The maximum Gasteiger partial charge on any atom is 0.212 e. The summed E-state index contributed by atoms with van der Waals surface area (Å²) in [4.78, 5) is 5.61. The Labute approximate surface area is 80.4 Å². The van der Waals surface area contributed by atoms with Gasteiger partial charge in [-0.2, -0.15) is 5.10 Å². The highest BCUT2D eigenvalue weighted by Crippen LogP contribution is 2.47. The van der Waals surface area contributed by atoms with Crippen molar-refractivity contribution < 1.29 is 0 Å². The number of imidazole rings is 1. The van der Waals surface area contributed by atoms with E-state index >= 15 is 0 Å². The Kier molecular flexibility index (Phi) is 1.22. The molecule has 3 rings (SSSR count). The van der Waals surface area contributed by atoms with Crippen LogP contribution in [0, 0.1) is 6.92 Å². The number of hydrogen-bond donors (Lipinski definition) is 0. The zero-order valence-electron chi connectivity index (χ0n) is 7.74. The van der Waals surface area contributed by atoms with E-state index in [9.17, 15) is 0 Å². The van der Waals surface area contributed by atoms with Gasteiger partial charge in [-0.05, 0) is 19.8 Å². The van der Waals surface area contributed by atoms with Crippen molar-refractivity contribution in [2.75, 3.05) is 0 Å². The average Bonchev–Trinajstić information content (AvgIpc) is 2.53. The molecule has 0 bridgehead atoms. The van der Waals surface area contributed by atoms with Gasteiger partial charge in [-0.25, -0.2) is 9.50 Å². The molecule has 2 heterocycles. The van der Waals surface area contributed by atoms with E-state index in [-0.39, 0.29) is 0 Å². The van der Waals surface area contributed by atoms with Crippen molar-refractivity contribution in [3.63, 3.8) is 0 Å². The second kappa shape index (κ2) is 2.12. The standard InChI is InChI=1S/C9H11N3S/c1-6-11-12-5-7(9(2)3-4-9)10-8(12)13-6/h5H,3-4H2,1-2H3. The van der Waals surface area contributed by atoms with Gasteiger partial charge in [0.1, 0.15) is 5.01 Å². The third kappa shape index (κ3) is 1.01. The number of aromatic nitrogens is 3. The molecular formula is C9H11N3S. The minimum Gasteiger partial charge on any atom is -0.222 e. The molecule has 0 unspecified atom stereocenters. The Balaban J connectivity index is 2.18. The van der Waals surface area contributed by atoms with Gasteiger partial charge in [-0.15, -0.1) is 0 Å². The monoisotopic (exact) mass is 193 g/mol. The van der Waals surface area contributed by atoms with Crippen molar-refractivity contribution in [3.8, 4) is 0 Å². The van der Waals surface area contributed by atoms with Crippen LogP contribution in [0.3, 0.4) is 0 Å². The molecule has 2 aromatic heterocycles. The van der Waals surface area contributed by atoms with Gasteiger partial charge in [0.15, 0.2) is 0 Å². The second-order valence-corrected chi connectivity index (χ2v) is 5.20. The Hall–Kier alpha value is -0.900. The normalized spacial score (nSPS) is 19.5. The molecule has 1 saturated carbocycles. The number of rotatable bonds is 1. The molecule has 0 aliphatic heterocycles. The molecule has 1 aliphatic rings. The lowest BCUT2D eigenvalue weighted by atomic mass is 10.1. The van der Waals surface area contributed by atoms with Gasteiger partial charge >= 0.3 is 0 Å². The minimum absolute atomic E-state index is 0.362. The maximum absolute atomic E-state index is 4.59. The van der Waals surface area contributed by atoms with Crippen LogP contribution in [0.1, 0.15) is 30.5 Å². The van der Waals surface area contributed by atoms with E-state index in [4.69, 9.17) is 0 Å². The first-order chi connectivity index (χ1) is 6.17. The van der Waals surface area contributed by atoms with Crippen LogP contribution in [0.2, 0.25) is 0 Å². The highest BCUT2D eigenvalue weighted by atomic mass is 32.1. The fourth-order valence-corrected chi connectivity index (χ4v) is 2.26. The van der Waals surface area contributed by atoms with Crippen molar-refractivity contribution >= 4 is 16.3 Å². The van der Waals surface area contributed by atoms with Crippen LogP contribution in [0.4, 0.5) is 0 Å². The molecule has 0 aromatic carbocycles. The number of nitrogens with zero attached hydrogens (tertiary/aromatic N) is 3. The average molecular weight is 193 g/mol. The molecule has 0 N–H and O–H groups in total. The van der Waals surface area contributed by atoms with Gasteiger partial charge in [-0.1, -0.05) is 18.3 Å². The summed E-state index contributed by atoms with van der Waals surface area (Å²) in [6, 6.07) is 0. The fourth-order valence-electron chi connectivity index (χ4n) is 1.53. The van der Waals surface area contributed by atoms with E-state index in [1.54, 1.807) is 11.3 Å². The Morgan fingerprint density at radius 1 is 1.54 bits per heavy atom. The first-order valence-electron chi connectivity index (χ1n) is 4.51. The maximum atomic E-state index is 4.59. The molecule has 4 heteroatoms. The molecule has 0 radical (unpaired) electrons. The third-order valence-electron chi connectivity index (χ3n) is 2.76. The first kappa shape index (κ1) is 7.50. The third-order valence-corrected chi connectivity index (χ3v) is 3.60. The van der Waals surface area contributed by atoms with E-state index in [1.807, 2.05) is 11.4 Å². The number of fused-ring (bicyclic) bond motifs is 1. The summed E-state index contributed by atoms with van der Waals surface area (Å²) in [7, 11) is 0. The molecule has 0 amide bonds. The molecule has 1 fully saturated rings. The van der Waals surface area contributed by atoms with E-state index in [2.05, 4.69) is 23.2 Å². The van der Waals surface area contributed by atoms with Crippen molar-refractivity contribution in [1.82, 2.24) is 14.6 Å². The van der Waals surface area contributed by atoms with Gasteiger partial charge < -0.3 is 0 Å². The zero-order valence-corrected chi connectivity index (χ0v) is 8.56. The smallest absolute Gasteiger partial charge is 0.212 e. The van der Waals surface area contributed by atoms with E-state index in [0.717, 1.165) is 9.97 Å². The summed E-state index contributed by atoms with van der Waals surface area (Å²) >= 11 is 1.66. The van der Waals surface area contributed by atoms with Gasteiger partial charge in [0.05, 0.1) is 11.9 Å². The Bertz CT molecular complexity index is 433. The molecule has 13 heavy (non-hydrogen) atoms. The lowest BCUT2D eigenvalue weighted by Crippen LogP contribution is -1.99. The number of aryl methyl sites for hydroxylation is 1. The Morgan fingerprint density at radius 2 is 2.31 bits per heavy atom. The van der Waals surface area contributed by atoms with Gasteiger partial charge in [0.2, 0.25) is 4.96 Å². The largest absolute Gasteiger partial charge is 0.222 e. The van der Waals surface area contributed by atoms with Crippen LogP contribution in [0.15, 0.2) is 6.20 Å². The molecule has 0 atom stereocenters. The van der Waals surface area contributed by atoms with Crippen LogP contribution in [0.25, 0.3) is 4.96 Å². The van der Waals surface area contributed by atoms with Gasteiger partial charge in [0, 0.05) is 5.41 Å². The van der Waals surface area contributed by atoms with E-state index in [0.29, 0.717) is 5.41 Å². The van der Waals surface area contributed by atoms with Crippen molar-refractivity contribution in [3.05, 3.63) is 16.9 Å². The molecule has 0 saturated heterocycles. The van der Waals surface area contributed by atoms with Crippen LogP contribution in [-0.2, 0) is 5.41 Å². The highest BCUT2D eigenvalue weighted by molar-refractivity contribution is 7.16. The Morgan fingerprint density at radius 3 is 2.92 bits per heavy atom. The molecule has 1 aliphatic carbocycles. The van der Waals surface area contributed by atoms with Crippen molar-refractivity contribution in [2.45, 2.75) is 32.1 Å². The lowest BCUT2D eigenvalue weighted by molar-refractivity contribution is 0.756. The van der Waals surface area contributed by atoms with Gasteiger partial charge in [0.25, 0.3) is 0 Å². The van der Waals surface area contributed by atoms with Crippen LogP contribution in [-0.4, -0.2) is 14.6 Å². The minimum atomic E-state index is 0.362. The summed E-state index contributed by atoms with van der Waals surface area (Å²) in [6.07, 6.45) is 4.62. The molecule has 0 spiro atoms. The van der Waals surface area contributed by atoms with Crippen LogP contribution < -0.4 is 0 Å². The number of hydrogen-bond acceptors (Lipinski definition) is 3. The van der Waals surface area contributed by atoms with E-state index < -0.39 is 0 Å². The zero-order chi connectivity index (χ0) is 9.05. The molecule has 2 aromatic rings. The summed E-state index contributed by atoms with van der Waals surface area (Å²) in [5.41, 5.74) is 1.58. The predicted molar refractivity (Wildman–Crippen MR) is 52.2 cm³/mol. The molecular weight excluding hydrogens is 182 g/mol. The van der Waals surface area contributed by atoms with Crippen LogP contribution >= 0.6 is 11.3 Å². The van der Waals surface area contributed by atoms with Crippen molar-refractivity contribution in [2.24, 2.45) is 0 Å². The predicted octanol–water partition coefficient (Wildman–Crippen LogP) is 2.15. The quantitative estimate of drug-likeness (QED) is 0.694. The van der Waals surface area contributed by atoms with Gasteiger partial charge in [-0.3, -0.25) is 0 Å². The molecule has 68 valence electrons. The first-order valence-corrected chi connectivity index (χ1v) is 5.32. The summed E-state index contributed by atoms with van der Waals surface area (Å²) in [5, 5.41) is 5.43. The van der Waals surface area contributed by atoms with Crippen LogP contribution in [0.5, 0.6) is 0 Å². The highest BCUT2D eigenvalue weighted by Gasteiger charge is 2.41. The lowest BCUT2D eigenvalue weighted by Gasteiger charge is -1.99. The fraction of sp³-hybridized carbons (Fsp3) is 0.556. The summed E-state index contributed by atoms with van der Waals surface area (Å²) in [6.45, 7) is 4.28. The van der Waals surface area contributed by atoms with E-state index in [1.165, 1.54) is 18.5 Å². The van der Waals surface area contributed by atoms with Crippen molar-refractivity contribution in [1.29, 1.82) is 0 Å². The second-order valence-electron chi connectivity index (χ2n) is 4.04. The summed E-state index contributed by atoms with van der Waals surface area (Å²) < 4.78 is 1.90. The topological polar surface area (TPSA) is 30.2 Å². The molecule has 3 nitrogen and oxygen atoms in total.